The molecule has 0 radical (unpaired) electrons. The van der Waals surface area contributed by atoms with Gasteiger partial charge in [-0.1, -0.05) is 11.2 Å². The number of ether oxygens (including phenoxy) is 1. The predicted molar refractivity (Wildman–Crippen MR) is 77.0 cm³/mol. The molecule has 1 N–H and O–H groups in total. The molecular weight excluding hydrogens is 297 g/mol. The van der Waals surface area contributed by atoms with Gasteiger partial charge < -0.3 is 14.6 Å². The molecule has 0 aliphatic carbocycles. The van der Waals surface area contributed by atoms with E-state index in [2.05, 4.69) is 15.5 Å². The van der Waals surface area contributed by atoms with E-state index in [0.29, 0.717) is 23.5 Å². The molecule has 114 valence electrons. The number of hydrogen-bond acceptors (Lipinski definition) is 5. The minimum Gasteiger partial charge on any atom is -0.485 e. The van der Waals surface area contributed by atoms with Crippen LogP contribution in [0.3, 0.4) is 0 Å². The van der Waals surface area contributed by atoms with Crippen LogP contribution in [0.1, 0.15) is 24.6 Å². The number of nitrogens with zero attached hydrogens (tertiary/aromatic N) is 2. The molecule has 2 heterocycles. The molecule has 0 amide bonds. The van der Waals surface area contributed by atoms with Crippen molar-refractivity contribution in [3.8, 4) is 5.75 Å². The van der Waals surface area contributed by atoms with Gasteiger partial charge >= 0.3 is 0 Å². The predicted octanol–water partition coefficient (Wildman–Crippen LogP) is 2.50. The third-order valence-corrected chi connectivity index (χ3v) is 3.26. The maximum atomic E-state index is 13.0. The molecule has 1 aromatic heterocycles. The van der Waals surface area contributed by atoms with Crippen LogP contribution in [0.5, 0.6) is 5.75 Å². The van der Waals surface area contributed by atoms with Gasteiger partial charge in [-0.05, 0) is 31.5 Å². The molecular formula is C14H17ClFN3O2. The van der Waals surface area contributed by atoms with Crippen molar-refractivity contribution >= 4 is 12.4 Å². The third kappa shape index (κ3) is 4.41. The molecule has 3 rings (SSSR count). The summed E-state index contributed by atoms with van der Waals surface area (Å²) in [6.45, 7) is 1.22. The molecule has 0 bridgehead atoms. The quantitative estimate of drug-likeness (QED) is 0.919. The second-order valence-corrected chi connectivity index (χ2v) is 4.85. The summed E-state index contributed by atoms with van der Waals surface area (Å²) in [5.41, 5.74) is 0. The van der Waals surface area contributed by atoms with E-state index >= 15 is 0 Å². The fourth-order valence-electron chi connectivity index (χ4n) is 2.28. The monoisotopic (exact) mass is 313 g/mol. The van der Waals surface area contributed by atoms with E-state index in [-0.39, 0.29) is 24.8 Å². The Morgan fingerprint density at radius 3 is 3.10 bits per heavy atom. The van der Waals surface area contributed by atoms with Crippen LogP contribution < -0.4 is 10.1 Å². The summed E-state index contributed by atoms with van der Waals surface area (Å²) in [4.78, 5) is 4.27. The van der Waals surface area contributed by atoms with Crippen LogP contribution in [-0.2, 0) is 13.0 Å². The molecule has 5 nitrogen and oxygen atoms in total. The van der Waals surface area contributed by atoms with Gasteiger partial charge in [0, 0.05) is 18.5 Å². The zero-order chi connectivity index (χ0) is 13.8. The van der Waals surface area contributed by atoms with Gasteiger partial charge in [-0.15, -0.1) is 12.4 Å². The Hall–Kier alpha value is -1.66. The molecule has 7 heteroatoms. The molecule has 1 saturated heterocycles. The highest BCUT2D eigenvalue weighted by atomic mass is 35.5. The van der Waals surface area contributed by atoms with Gasteiger partial charge in [0.15, 0.2) is 6.61 Å². The van der Waals surface area contributed by atoms with E-state index in [0.717, 1.165) is 19.4 Å². The maximum absolute atomic E-state index is 13.0. The first-order valence-electron chi connectivity index (χ1n) is 6.73. The number of halogens is 2. The van der Waals surface area contributed by atoms with Crippen LogP contribution in [-0.4, -0.2) is 22.7 Å². The number of benzene rings is 1. The maximum Gasteiger partial charge on any atom is 0.228 e. The van der Waals surface area contributed by atoms with E-state index < -0.39 is 0 Å². The minimum absolute atomic E-state index is 0. The topological polar surface area (TPSA) is 60.2 Å². The first kappa shape index (κ1) is 15.7. The van der Waals surface area contributed by atoms with Crippen LogP contribution in [0, 0.1) is 5.82 Å². The second kappa shape index (κ2) is 7.38. The largest absolute Gasteiger partial charge is 0.485 e. The van der Waals surface area contributed by atoms with Crippen molar-refractivity contribution < 1.29 is 13.7 Å². The molecule has 1 aliphatic rings. The molecule has 1 atom stereocenters. The number of aromatic nitrogens is 2. The van der Waals surface area contributed by atoms with Crippen molar-refractivity contribution in [3.63, 3.8) is 0 Å². The minimum atomic E-state index is -0.330. The average molecular weight is 314 g/mol. The van der Waals surface area contributed by atoms with E-state index in [1.54, 1.807) is 12.1 Å². The number of nitrogens with one attached hydrogen (secondary N) is 1. The van der Waals surface area contributed by atoms with Gasteiger partial charge in [-0.3, -0.25) is 0 Å². The standard InChI is InChI=1S/C14H16FN3O2.ClH/c15-10-3-1-5-12(7-10)19-9-13-17-14(20-18-13)8-11-4-2-6-16-11;/h1,3,5,7,11,16H,2,4,6,8-9H2;1H. The lowest BCUT2D eigenvalue weighted by molar-refractivity contribution is 0.283. The van der Waals surface area contributed by atoms with Gasteiger partial charge in [0.25, 0.3) is 0 Å². The van der Waals surface area contributed by atoms with Gasteiger partial charge in [0.1, 0.15) is 11.6 Å². The molecule has 0 spiro atoms. The van der Waals surface area contributed by atoms with Crippen molar-refractivity contribution in [1.29, 1.82) is 0 Å². The summed E-state index contributed by atoms with van der Waals surface area (Å²) in [6, 6.07) is 6.40. The van der Waals surface area contributed by atoms with Crippen LogP contribution in [0.4, 0.5) is 4.39 Å². The first-order valence-corrected chi connectivity index (χ1v) is 6.73. The van der Waals surface area contributed by atoms with Crippen molar-refractivity contribution in [3.05, 3.63) is 41.8 Å². The molecule has 1 aromatic carbocycles. The molecule has 1 aliphatic heterocycles. The normalized spacial score (nSPS) is 17.5. The highest BCUT2D eigenvalue weighted by molar-refractivity contribution is 5.85. The van der Waals surface area contributed by atoms with Crippen LogP contribution in [0.25, 0.3) is 0 Å². The molecule has 0 saturated carbocycles. The Morgan fingerprint density at radius 1 is 1.43 bits per heavy atom. The number of hydrogen-bond donors (Lipinski definition) is 1. The summed E-state index contributed by atoms with van der Waals surface area (Å²) >= 11 is 0. The van der Waals surface area contributed by atoms with E-state index in [1.807, 2.05) is 0 Å². The van der Waals surface area contributed by atoms with Crippen LogP contribution >= 0.6 is 12.4 Å². The van der Waals surface area contributed by atoms with Crippen molar-refractivity contribution in [2.24, 2.45) is 0 Å². The van der Waals surface area contributed by atoms with Gasteiger partial charge in [-0.2, -0.15) is 4.98 Å². The van der Waals surface area contributed by atoms with Gasteiger partial charge in [0.05, 0.1) is 0 Å². The van der Waals surface area contributed by atoms with Gasteiger partial charge in [-0.25, -0.2) is 4.39 Å². The SMILES string of the molecule is Cl.Fc1cccc(OCc2noc(CC3CCCN3)n2)c1. The highest BCUT2D eigenvalue weighted by Crippen LogP contribution is 2.14. The Bertz CT molecular complexity index is 573. The lowest BCUT2D eigenvalue weighted by Crippen LogP contribution is -2.23. The van der Waals surface area contributed by atoms with Crippen molar-refractivity contribution in [2.45, 2.75) is 31.9 Å². The molecule has 21 heavy (non-hydrogen) atoms. The Balaban J connectivity index is 0.00000161. The summed E-state index contributed by atoms with van der Waals surface area (Å²) in [6.07, 6.45) is 3.07. The Morgan fingerprint density at radius 2 is 2.33 bits per heavy atom. The fraction of sp³-hybridized carbons (Fsp3) is 0.429. The molecule has 1 unspecified atom stereocenters. The highest BCUT2D eigenvalue weighted by Gasteiger charge is 2.18. The molecule has 2 aromatic rings. The van der Waals surface area contributed by atoms with E-state index in [4.69, 9.17) is 9.26 Å². The summed E-state index contributed by atoms with van der Waals surface area (Å²) in [5, 5.41) is 7.24. The van der Waals surface area contributed by atoms with Crippen LogP contribution in [0.2, 0.25) is 0 Å². The zero-order valence-electron chi connectivity index (χ0n) is 11.4. The smallest absolute Gasteiger partial charge is 0.228 e. The lowest BCUT2D eigenvalue weighted by atomic mass is 10.2. The number of rotatable bonds is 5. The summed E-state index contributed by atoms with van der Waals surface area (Å²) in [5.74, 6) is 1.21. The summed E-state index contributed by atoms with van der Waals surface area (Å²) in [7, 11) is 0. The van der Waals surface area contributed by atoms with Crippen molar-refractivity contribution in [1.82, 2.24) is 15.5 Å². The zero-order valence-corrected chi connectivity index (χ0v) is 12.2. The Labute approximate surface area is 128 Å². The van der Waals surface area contributed by atoms with Crippen molar-refractivity contribution in [2.75, 3.05) is 6.54 Å². The Kier molecular flexibility index (Phi) is 5.52. The van der Waals surface area contributed by atoms with E-state index in [9.17, 15) is 4.39 Å². The van der Waals surface area contributed by atoms with Gasteiger partial charge in [0.2, 0.25) is 11.7 Å². The second-order valence-electron chi connectivity index (χ2n) is 4.85. The third-order valence-electron chi connectivity index (χ3n) is 3.26. The summed E-state index contributed by atoms with van der Waals surface area (Å²) < 4.78 is 23.6. The van der Waals surface area contributed by atoms with Crippen LogP contribution in [0.15, 0.2) is 28.8 Å². The lowest BCUT2D eigenvalue weighted by Gasteiger charge is -2.04. The molecule has 1 fully saturated rings. The fourth-order valence-corrected chi connectivity index (χ4v) is 2.28. The first-order chi connectivity index (χ1) is 9.79. The average Bonchev–Trinajstić information content (AvgIpc) is 3.09. The van der Waals surface area contributed by atoms with E-state index in [1.165, 1.54) is 18.6 Å².